The van der Waals surface area contributed by atoms with Crippen LogP contribution in [0.25, 0.3) is 0 Å². The van der Waals surface area contributed by atoms with Gasteiger partial charge < -0.3 is 20.6 Å². The summed E-state index contributed by atoms with van der Waals surface area (Å²) in [7, 11) is 0. The predicted octanol–water partition coefficient (Wildman–Crippen LogP) is -2.62. The highest BCUT2D eigenvalue weighted by Crippen LogP contribution is 2.01. The van der Waals surface area contributed by atoms with E-state index in [0.717, 1.165) is 0 Å². The van der Waals surface area contributed by atoms with E-state index < -0.39 is 11.8 Å². The predicted molar refractivity (Wildman–Crippen MR) is 71.8 cm³/mol. The summed E-state index contributed by atoms with van der Waals surface area (Å²) in [6, 6.07) is 0. The number of piperazine rings is 1. The number of hydrogen-bond acceptors (Lipinski definition) is 5. The zero-order valence-electron chi connectivity index (χ0n) is 11.7. The molecule has 3 N–H and O–H groups in total. The molecule has 0 saturated carbocycles. The fourth-order valence-corrected chi connectivity index (χ4v) is 1.95. The minimum absolute atomic E-state index is 0.0948. The maximum absolute atomic E-state index is 11.8. The molecule has 0 atom stereocenters. The smallest absolute Gasteiger partial charge is 0.311 e. The number of rotatable bonds is 5. The molecule has 0 aromatic heterocycles. The first-order chi connectivity index (χ1) is 9.54. The van der Waals surface area contributed by atoms with Crippen LogP contribution in [0.2, 0.25) is 0 Å². The van der Waals surface area contributed by atoms with Crippen LogP contribution in [-0.2, 0) is 14.4 Å². The molecule has 8 nitrogen and oxygen atoms in total. The SMILES string of the molecule is CC(=O)NCCNC(=O)C(=O)N1CCN(CCO)CC1. The molecule has 0 unspecified atom stereocenters. The number of nitrogens with zero attached hydrogens (tertiary/aromatic N) is 2. The highest BCUT2D eigenvalue weighted by molar-refractivity contribution is 6.35. The van der Waals surface area contributed by atoms with E-state index in [4.69, 9.17) is 5.11 Å². The Labute approximate surface area is 118 Å². The number of hydrogen-bond donors (Lipinski definition) is 3. The number of carbonyl (C=O) groups excluding carboxylic acids is 3. The van der Waals surface area contributed by atoms with Gasteiger partial charge in [0.15, 0.2) is 0 Å². The van der Waals surface area contributed by atoms with Crippen LogP contribution in [0.1, 0.15) is 6.92 Å². The molecule has 1 aliphatic heterocycles. The van der Waals surface area contributed by atoms with Crippen LogP contribution in [0, 0.1) is 0 Å². The minimum atomic E-state index is -0.647. The van der Waals surface area contributed by atoms with Crippen molar-refractivity contribution in [3.05, 3.63) is 0 Å². The lowest BCUT2D eigenvalue weighted by atomic mass is 10.3. The van der Waals surface area contributed by atoms with Crippen LogP contribution in [0.15, 0.2) is 0 Å². The van der Waals surface area contributed by atoms with Gasteiger partial charge in [-0.05, 0) is 0 Å². The third-order valence-electron chi connectivity index (χ3n) is 3.05. The van der Waals surface area contributed by atoms with Crippen LogP contribution in [0.4, 0.5) is 0 Å². The van der Waals surface area contributed by atoms with Crippen molar-refractivity contribution in [3.8, 4) is 0 Å². The zero-order valence-corrected chi connectivity index (χ0v) is 11.7. The molecule has 0 spiro atoms. The Kier molecular flexibility index (Phi) is 6.96. The molecule has 114 valence electrons. The molecule has 3 amide bonds. The summed E-state index contributed by atoms with van der Waals surface area (Å²) < 4.78 is 0. The highest BCUT2D eigenvalue weighted by atomic mass is 16.3. The number of amides is 3. The Hall–Kier alpha value is -1.67. The van der Waals surface area contributed by atoms with Gasteiger partial charge in [-0.2, -0.15) is 0 Å². The van der Waals surface area contributed by atoms with E-state index in [9.17, 15) is 14.4 Å². The Balaban J connectivity index is 2.24. The number of aliphatic hydroxyl groups excluding tert-OH is 1. The zero-order chi connectivity index (χ0) is 15.0. The number of β-amino-alcohol motifs (C(OH)–C–C–N with tert-alkyl or cyclic N) is 1. The quantitative estimate of drug-likeness (QED) is 0.379. The summed E-state index contributed by atoms with van der Waals surface area (Å²) in [6.07, 6.45) is 0. The second-order valence-electron chi connectivity index (χ2n) is 4.60. The van der Waals surface area contributed by atoms with E-state index >= 15 is 0 Å². The maximum Gasteiger partial charge on any atom is 0.311 e. The van der Waals surface area contributed by atoms with Crippen molar-refractivity contribution in [2.75, 3.05) is 52.4 Å². The van der Waals surface area contributed by atoms with Gasteiger partial charge in [0.2, 0.25) is 5.91 Å². The Bertz CT molecular complexity index is 353. The van der Waals surface area contributed by atoms with Gasteiger partial charge in [0, 0.05) is 52.7 Å². The molecule has 20 heavy (non-hydrogen) atoms. The van der Waals surface area contributed by atoms with E-state index in [1.807, 2.05) is 4.90 Å². The summed E-state index contributed by atoms with van der Waals surface area (Å²) in [5, 5.41) is 13.8. The Morgan fingerprint density at radius 1 is 1.05 bits per heavy atom. The van der Waals surface area contributed by atoms with Gasteiger partial charge in [0.25, 0.3) is 0 Å². The van der Waals surface area contributed by atoms with E-state index in [1.54, 1.807) is 0 Å². The first-order valence-corrected chi connectivity index (χ1v) is 6.69. The first kappa shape index (κ1) is 16.4. The van der Waals surface area contributed by atoms with Crippen molar-refractivity contribution in [1.82, 2.24) is 20.4 Å². The average molecular weight is 286 g/mol. The van der Waals surface area contributed by atoms with Crippen molar-refractivity contribution >= 4 is 17.7 Å². The second-order valence-corrected chi connectivity index (χ2v) is 4.60. The molecule has 0 aromatic carbocycles. The molecular weight excluding hydrogens is 264 g/mol. The van der Waals surface area contributed by atoms with E-state index in [2.05, 4.69) is 10.6 Å². The topological polar surface area (TPSA) is 102 Å². The second kappa shape index (κ2) is 8.49. The van der Waals surface area contributed by atoms with Gasteiger partial charge in [-0.25, -0.2) is 0 Å². The molecule has 8 heteroatoms. The Morgan fingerprint density at radius 2 is 1.65 bits per heavy atom. The lowest BCUT2D eigenvalue weighted by Gasteiger charge is -2.33. The van der Waals surface area contributed by atoms with Crippen molar-refractivity contribution in [2.24, 2.45) is 0 Å². The third kappa shape index (κ3) is 5.54. The monoisotopic (exact) mass is 286 g/mol. The normalized spacial score (nSPS) is 15.8. The highest BCUT2D eigenvalue weighted by Gasteiger charge is 2.25. The van der Waals surface area contributed by atoms with E-state index in [1.165, 1.54) is 11.8 Å². The molecule has 0 aliphatic carbocycles. The molecule has 0 bridgehead atoms. The van der Waals surface area contributed by atoms with Gasteiger partial charge in [-0.1, -0.05) is 0 Å². The molecule has 1 heterocycles. The van der Waals surface area contributed by atoms with Crippen molar-refractivity contribution < 1.29 is 19.5 Å². The van der Waals surface area contributed by atoms with Crippen LogP contribution in [-0.4, -0.2) is 85.0 Å². The summed E-state index contributed by atoms with van der Waals surface area (Å²) in [4.78, 5) is 37.6. The maximum atomic E-state index is 11.8. The average Bonchev–Trinajstić information content (AvgIpc) is 2.43. The molecule has 1 rings (SSSR count). The summed E-state index contributed by atoms with van der Waals surface area (Å²) in [5.41, 5.74) is 0. The lowest BCUT2D eigenvalue weighted by molar-refractivity contribution is -0.147. The fourth-order valence-electron chi connectivity index (χ4n) is 1.95. The van der Waals surface area contributed by atoms with Crippen LogP contribution < -0.4 is 10.6 Å². The van der Waals surface area contributed by atoms with Gasteiger partial charge in [-0.15, -0.1) is 0 Å². The minimum Gasteiger partial charge on any atom is -0.395 e. The molecule has 1 fully saturated rings. The molecule has 1 aliphatic rings. The lowest BCUT2D eigenvalue weighted by Crippen LogP contribution is -2.53. The number of aliphatic hydroxyl groups is 1. The van der Waals surface area contributed by atoms with Gasteiger partial charge >= 0.3 is 11.8 Å². The van der Waals surface area contributed by atoms with Crippen LogP contribution in [0.3, 0.4) is 0 Å². The molecule has 0 aromatic rings. The molecular formula is C12H22N4O4. The summed E-state index contributed by atoms with van der Waals surface area (Å²) in [6.45, 7) is 4.89. The van der Waals surface area contributed by atoms with Gasteiger partial charge in [0.1, 0.15) is 0 Å². The Morgan fingerprint density at radius 3 is 2.20 bits per heavy atom. The van der Waals surface area contributed by atoms with Gasteiger partial charge in [0.05, 0.1) is 6.61 Å². The van der Waals surface area contributed by atoms with Crippen LogP contribution in [0.5, 0.6) is 0 Å². The van der Waals surface area contributed by atoms with E-state index in [-0.39, 0.29) is 19.1 Å². The fraction of sp³-hybridized carbons (Fsp3) is 0.750. The number of nitrogens with one attached hydrogen (secondary N) is 2. The number of carbonyl (C=O) groups is 3. The van der Waals surface area contributed by atoms with E-state index in [0.29, 0.717) is 39.3 Å². The standard InChI is InChI=1S/C12H22N4O4/c1-10(18)13-2-3-14-11(19)12(20)16-6-4-15(5-7-16)8-9-17/h17H,2-9H2,1H3,(H,13,18)(H,14,19). The summed E-state index contributed by atoms with van der Waals surface area (Å²) >= 11 is 0. The molecule has 1 saturated heterocycles. The molecule has 0 radical (unpaired) electrons. The van der Waals surface area contributed by atoms with Crippen molar-refractivity contribution in [1.29, 1.82) is 0 Å². The van der Waals surface area contributed by atoms with Crippen molar-refractivity contribution in [2.45, 2.75) is 6.92 Å². The third-order valence-corrected chi connectivity index (χ3v) is 3.05. The van der Waals surface area contributed by atoms with Gasteiger partial charge in [-0.3, -0.25) is 19.3 Å². The summed E-state index contributed by atoms with van der Waals surface area (Å²) in [5.74, 6) is -1.37. The largest absolute Gasteiger partial charge is 0.395 e. The van der Waals surface area contributed by atoms with Crippen LogP contribution >= 0.6 is 0 Å². The first-order valence-electron chi connectivity index (χ1n) is 6.69. The van der Waals surface area contributed by atoms with Crippen molar-refractivity contribution in [3.63, 3.8) is 0 Å².